The zero-order valence-electron chi connectivity index (χ0n) is 16.1. The maximum absolute atomic E-state index is 12.8. The van der Waals surface area contributed by atoms with E-state index in [4.69, 9.17) is 11.6 Å². The van der Waals surface area contributed by atoms with Crippen molar-refractivity contribution in [2.75, 3.05) is 18.9 Å². The minimum Gasteiger partial charge on any atom is -0.340 e. The van der Waals surface area contributed by atoms with Gasteiger partial charge in [0.15, 0.2) is 0 Å². The molecule has 0 radical (unpaired) electrons. The summed E-state index contributed by atoms with van der Waals surface area (Å²) in [7, 11) is 1.77. The molecule has 6 nitrogen and oxygen atoms in total. The first kappa shape index (κ1) is 19.8. The predicted octanol–water partition coefficient (Wildman–Crippen LogP) is 4.20. The van der Waals surface area contributed by atoms with E-state index in [1.807, 2.05) is 37.3 Å². The second kappa shape index (κ2) is 8.80. The Balaban J connectivity index is 1.74. The molecule has 0 aliphatic rings. The Morgan fingerprint density at radius 2 is 1.86 bits per heavy atom. The number of carbonyl (C=O) groups excluding carboxylic acids is 1. The van der Waals surface area contributed by atoms with Crippen LogP contribution in [0.1, 0.15) is 27.4 Å². The van der Waals surface area contributed by atoms with Crippen molar-refractivity contribution >= 4 is 29.0 Å². The molecule has 0 saturated heterocycles. The molecule has 0 fully saturated rings. The van der Waals surface area contributed by atoms with E-state index in [1.54, 1.807) is 37.3 Å². The number of nitrogens with one attached hydrogen (secondary N) is 1. The number of hydrogen-bond acceptors (Lipinski definition) is 5. The van der Waals surface area contributed by atoms with Crippen LogP contribution in [0.25, 0.3) is 0 Å². The van der Waals surface area contributed by atoms with Crippen LogP contribution in [0.15, 0.2) is 48.8 Å². The first-order valence-electron chi connectivity index (χ1n) is 8.95. The highest BCUT2D eigenvalue weighted by Crippen LogP contribution is 2.23. The quantitative estimate of drug-likeness (QED) is 0.677. The third-order valence-electron chi connectivity index (χ3n) is 4.35. The molecule has 7 heteroatoms. The van der Waals surface area contributed by atoms with Crippen molar-refractivity contribution in [3.05, 3.63) is 76.5 Å². The predicted molar refractivity (Wildman–Crippen MR) is 111 cm³/mol. The van der Waals surface area contributed by atoms with Gasteiger partial charge in [-0.15, -0.1) is 0 Å². The Morgan fingerprint density at radius 3 is 2.61 bits per heavy atom. The Kier molecular flexibility index (Phi) is 6.21. The van der Waals surface area contributed by atoms with E-state index in [1.165, 1.54) is 0 Å². The number of halogens is 1. The summed E-state index contributed by atoms with van der Waals surface area (Å²) in [6.45, 7) is 4.33. The highest BCUT2D eigenvalue weighted by molar-refractivity contribution is 6.30. The van der Waals surface area contributed by atoms with Crippen molar-refractivity contribution < 1.29 is 4.79 Å². The van der Waals surface area contributed by atoms with Gasteiger partial charge in [-0.25, -0.2) is 9.97 Å². The second-order valence-corrected chi connectivity index (χ2v) is 7.04. The first-order chi connectivity index (χ1) is 13.4. The largest absolute Gasteiger partial charge is 0.340 e. The standard InChI is InChI=1S/C21H22ClN5O/c1-14-4-5-17(22)12-18(14)26-20-13-19(24-15(2)25-20)21(28)27(3)11-8-16-6-9-23-10-7-16/h4-7,9-10,12-13H,8,11H2,1-3H3,(H,24,25,26). The number of anilines is 2. The molecule has 0 aliphatic carbocycles. The van der Waals surface area contributed by atoms with E-state index in [-0.39, 0.29) is 5.91 Å². The van der Waals surface area contributed by atoms with Gasteiger partial charge in [-0.2, -0.15) is 0 Å². The van der Waals surface area contributed by atoms with Crippen molar-refractivity contribution in [3.63, 3.8) is 0 Å². The lowest BCUT2D eigenvalue weighted by atomic mass is 10.2. The molecule has 1 aromatic carbocycles. The fourth-order valence-corrected chi connectivity index (χ4v) is 2.92. The lowest BCUT2D eigenvalue weighted by Gasteiger charge is -2.17. The SMILES string of the molecule is Cc1nc(Nc2cc(Cl)ccc2C)cc(C(=O)N(C)CCc2ccncc2)n1. The number of benzene rings is 1. The van der Waals surface area contributed by atoms with Crippen LogP contribution in [0.2, 0.25) is 5.02 Å². The zero-order valence-corrected chi connectivity index (χ0v) is 16.9. The fourth-order valence-electron chi connectivity index (χ4n) is 2.75. The summed E-state index contributed by atoms with van der Waals surface area (Å²) in [6, 6.07) is 11.2. The minimum absolute atomic E-state index is 0.148. The van der Waals surface area contributed by atoms with Crippen LogP contribution >= 0.6 is 11.6 Å². The molecule has 28 heavy (non-hydrogen) atoms. The Labute approximate surface area is 169 Å². The van der Waals surface area contributed by atoms with Gasteiger partial charge >= 0.3 is 0 Å². The summed E-state index contributed by atoms with van der Waals surface area (Å²) in [6.07, 6.45) is 4.25. The average molecular weight is 396 g/mol. The van der Waals surface area contributed by atoms with E-state index < -0.39 is 0 Å². The second-order valence-electron chi connectivity index (χ2n) is 6.60. The molecule has 2 aromatic heterocycles. The normalized spacial score (nSPS) is 10.6. The van der Waals surface area contributed by atoms with Crippen molar-refractivity contribution in [1.29, 1.82) is 0 Å². The summed E-state index contributed by atoms with van der Waals surface area (Å²) in [4.78, 5) is 27.2. The topological polar surface area (TPSA) is 71.0 Å². The number of hydrogen-bond donors (Lipinski definition) is 1. The smallest absolute Gasteiger partial charge is 0.272 e. The molecule has 2 heterocycles. The molecular weight excluding hydrogens is 374 g/mol. The lowest BCUT2D eigenvalue weighted by molar-refractivity contribution is 0.0790. The number of carbonyl (C=O) groups is 1. The molecule has 3 rings (SSSR count). The summed E-state index contributed by atoms with van der Waals surface area (Å²) in [5.74, 6) is 0.935. The van der Waals surface area contributed by atoms with Crippen molar-refractivity contribution in [3.8, 4) is 0 Å². The molecule has 0 saturated carbocycles. The molecule has 1 N–H and O–H groups in total. The molecule has 0 atom stereocenters. The van der Waals surface area contributed by atoms with Crippen LogP contribution in [0.3, 0.4) is 0 Å². The highest BCUT2D eigenvalue weighted by Gasteiger charge is 2.16. The number of nitrogens with zero attached hydrogens (tertiary/aromatic N) is 4. The van der Waals surface area contributed by atoms with E-state index in [2.05, 4.69) is 20.3 Å². The Morgan fingerprint density at radius 1 is 1.11 bits per heavy atom. The molecule has 0 bridgehead atoms. The maximum Gasteiger partial charge on any atom is 0.272 e. The van der Waals surface area contributed by atoms with E-state index in [9.17, 15) is 4.79 Å². The summed E-state index contributed by atoms with van der Waals surface area (Å²) < 4.78 is 0. The average Bonchev–Trinajstić information content (AvgIpc) is 2.68. The molecule has 144 valence electrons. The molecule has 0 unspecified atom stereocenters. The van der Waals surface area contributed by atoms with Crippen LogP contribution in [-0.4, -0.2) is 39.4 Å². The van der Waals surface area contributed by atoms with Gasteiger partial charge in [-0.1, -0.05) is 17.7 Å². The van der Waals surface area contributed by atoms with Gasteiger partial charge in [0.2, 0.25) is 0 Å². The molecule has 0 aliphatic heterocycles. The van der Waals surface area contributed by atoms with Crippen molar-refractivity contribution in [2.45, 2.75) is 20.3 Å². The van der Waals surface area contributed by atoms with Gasteiger partial charge in [-0.3, -0.25) is 9.78 Å². The van der Waals surface area contributed by atoms with Crippen LogP contribution in [0.4, 0.5) is 11.5 Å². The van der Waals surface area contributed by atoms with Crippen LogP contribution in [0.5, 0.6) is 0 Å². The van der Waals surface area contributed by atoms with E-state index in [0.29, 0.717) is 28.9 Å². The first-order valence-corrected chi connectivity index (χ1v) is 9.33. The van der Waals surface area contributed by atoms with Crippen molar-refractivity contribution in [2.24, 2.45) is 0 Å². The van der Waals surface area contributed by atoms with Crippen LogP contribution < -0.4 is 5.32 Å². The van der Waals surface area contributed by atoms with E-state index in [0.717, 1.165) is 23.2 Å². The molecule has 3 aromatic rings. The Bertz CT molecular complexity index is 978. The number of aromatic nitrogens is 3. The van der Waals surface area contributed by atoms with Gasteiger partial charge in [-0.05, 0) is 55.7 Å². The van der Waals surface area contributed by atoms with Gasteiger partial charge in [0.25, 0.3) is 5.91 Å². The molecule has 1 amide bonds. The lowest BCUT2D eigenvalue weighted by Crippen LogP contribution is -2.30. The van der Waals surface area contributed by atoms with Gasteiger partial charge in [0, 0.05) is 42.8 Å². The maximum atomic E-state index is 12.8. The zero-order chi connectivity index (χ0) is 20.1. The number of rotatable bonds is 6. The Hall–Kier alpha value is -2.99. The van der Waals surface area contributed by atoms with Gasteiger partial charge in [0.05, 0.1) is 0 Å². The third-order valence-corrected chi connectivity index (χ3v) is 4.59. The van der Waals surface area contributed by atoms with E-state index >= 15 is 0 Å². The minimum atomic E-state index is -0.148. The number of likely N-dealkylation sites (N-methyl/N-ethyl adjacent to an activating group) is 1. The van der Waals surface area contributed by atoms with Gasteiger partial charge < -0.3 is 10.2 Å². The molecular formula is C21H22ClN5O. The summed E-state index contributed by atoms with van der Waals surface area (Å²) in [5.41, 5.74) is 3.36. The number of pyridine rings is 1. The third kappa shape index (κ3) is 5.04. The number of aryl methyl sites for hydroxylation is 2. The monoisotopic (exact) mass is 395 g/mol. The van der Waals surface area contributed by atoms with Crippen LogP contribution in [-0.2, 0) is 6.42 Å². The van der Waals surface area contributed by atoms with Crippen LogP contribution in [0, 0.1) is 13.8 Å². The molecule has 0 spiro atoms. The summed E-state index contributed by atoms with van der Waals surface area (Å²) in [5, 5.41) is 3.86. The highest BCUT2D eigenvalue weighted by atomic mass is 35.5. The van der Waals surface area contributed by atoms with Gasteiger partial charge in [0.1, 0.15) is 17.3 Å². The number of amides is 1. The fraction of sp³-hybridized carbons (Fsp3) is 0.238. The summed E-state index contributed by atoms with van der Waals surface area (Å²) >= 11 is 6.09. The van der Waals surface area contributed by atoms with Crippen molar-refractivity contribution in [1.82, 2.24) is 19.9 Å².